The molecule has 0 amide bonds. The van der Waals surface area contributed by atoms with Crippen LogP contribution in [0.25, 0.3) is 0 Å². The first-order valence-corrected chi connectivity index (χ1v) is 3.19. The summed E-state index contributed by atoms with van der Waals surface area (Å²) in [4.78, 5) is 10.3. The van der Waals surface area contributed by atoms with Gasteiger partial charge in [0.1, 0.15) is 0 Å². The highest BCUT2D eigenvalue weighted by molar-refractivity contribution is 5.65. The topological polar surface area (TPSA) is 44.8 Å². The van der Waals surface area contributed by atoms with Crippen molar-refractivity contribution in [3.63, 3.8) is 0 Å². The van der Waals surface area contributed by atoms with Gasteiger partial charge in [-0.15, -0.1) is 0 Å². The van der Waals surface area contributed by atoms with Crippen LogP contribution in [-0.4, -0.2) is 25.7 Å². The minimum atomic E-state index is -0.772. The van der Waals surface area contributed by atoms with Crippen LogP contribution in [0.15, 0.2) is 0 Å². The van der Waals surface area contributed by atoms with E-state index in [0.717, 1.165) is 6.42 Å². The molecule has 0 bridgehead atoms. The lowest BCUT2D eigenvalue weighted by atomic mass is 10.5. The zero-order valence-electron chi connectivity index (χ0n) is 5.83. The lowest BCUT2D eigenvalue weighted by molar-refractivity contribution is -0.295. The Balaban J connectivity index is 2.19. The smallest absolute Gasteiger partial charge is 0.318 e. The van der Waals surface area contributed by atoms with Crippen molar-refractivity contribution >= 4 is 5.97 Å². The molecule has 0 radical (unpaired) electrons. The van der Waals surface area contributed by atoms with Gasteiger partial charge in [-0.05, 0) is 6.42 Å². The first kappa shape index (κ1) is 7.50. The molecule has 0 aromatic rings. The van der Waals surface area contributed by atoms with E-state index < -0.39 is 6.48 Å². The maximum Gasteiger partial charge on any atom is 0.318 e. The molecule has 10 heavy (non-hydrogen) atoms. The quantitative estimate of drug-likeness (QED) is 0.498. The molecule has 4 nitrogen and oxygen atoms in total. The summed E-state index contributed by atoms with van der Waals surface area (Å²) in [5, 5.41) is 0. The summed E-state index contributed by atoms with van der Waals surface area (Å²) in [5.74, 6) is -0.383. The molecular formula is C6H10O4. The Morgan fingerprint density at radius 2 is 2.10 bits per heavy atom. The van der Waals surface area contributed by atoms with E-state index in [2.05, 4.69) is 4.74 Å². The summed E-state index contributed by atoms with van der Waals surface area (Å²) >= 11 is 0. The van der Waals surface area contributed by atoms with Crippen LogP contribution in [0.3, 0.4) is 0 Å². The second-order valence-corrected chi connectivity index (χ2v) is 1.99. The van der Waals surface area contributed by atoms with Crippen molar-refractivity contribution in [1.82, 2.24) is 0 Å². The van der Waals surface area contributed by atoms with Crippen LogP contribution in [-0.2, 0) is 19.0 Å². The molecule has 4 heteroatoms. The number of ether oxygens (including phenoxy) is 3. The third kappa shape index (κ3) is 2.33. The van der Waals surface area contributed by atoms with Crippen LogP contribution < -0.4 is 0 Å². The van der Waals surface area contributed by atoms with Gasteiger partial charge in [0, 0.05) is 6.92 Å². The second kappa shape index (κ2) is 3.53. The van der Waals surface area contributed by atoms with Gasteiger partial charge in [0.05, 0.1) is 13.2 Å². The zero-order chi connectivity index (χ0) is 7.40. The van der Waals surface area contributed by atoms with Crippen molar-refractivity contribution in [2.45, 2.75) is 19.8 Å². The van der Waals surface area contributed by atoms with Gasteiger partial charge < -0.3 is 14.2 Å². The molecule has 58 valence electrons. The van der Waals surface area contributed by atoms with E-state index in [1.807, 2.05) is 0 Å². The summed E-state index contributed by atoms with van der Waals surface area (Å²) in [6, 6.07) is 0. The third-order valence-electron chi connectivity index (χ3n) is 1.06. The molecule has 1 rings (SSSR count). The summed E-state index contributed by atoms with van der Waals surface area (Å²) in [5.41, 5.74) is 0. The number of rotatable bonds is 1. The van der Waals surface area contributed by atoms with Crippen molar-refractivity contribution in [2.75, 3.05) is 13.2 Å². The predicted octanol–water partition coefficient (Wildman–Crippen LogP) is 0.270. The first-order chi connectivity index (χ1) is 4.79. The highest BCUT2D eigenvalue weighted by Gasteiger charge is 2.15. The Morgan fingerprint density at radius 1 is 1.50 bits per heavy atom. The lowest BCUT2D eigenvalue weighted by Gasteiger charge is -2.21. The van der Waals surface area contributed by atoms with E-state index in [1.54, 1.807) is 0 Å². The third-order valence-corrected chi connectivity index (χ3v) is 1.06. The fourth-order valence-corrected chi connectivity index (χ4v) is 0.670. The standard InChI is InChI=1S/C6H10O4/c1-5(7)10-6-8-3-2-4-9-6/h6H,2-4H2,1H3. The van der Waals surface area contributed by atoms with Crippen LogP contribution in [0.5, 0.6) is 0 Å². The van der Waals surface area contributed by atoms with E-state index in [1.165, 1.54) is 6.92 Å². The monoisotopic (exact) mass is 146 g/mol. The Kier molecular flexibility index (Phi) is 2.65. The van der Waals surface area contributed by atoms with E-state index in [0.29, 0.717) is 13.2 Å². The minimum Gasteiger partial charge on any atom is -0.410 e. The van der Waals surface area contributed by atoms with Crippen molar-refractivity contribution in [1.29, 1.82) is 0 Å². The second-order valence-electron chi connectivity index (χ2n) is 1.99. The summed E-state index contributed by atoms with van der Waals surface area (Å²) in [7, 11) is 0. The van der Waals surface area contributed by atoms with Gasteiger partial charge in [0.2, 0.25) is 0 Å². The molecule has 1 saturated heterocycles. The normalized spacial score (nSPS) is 20.5. The fraction of sp³-hybridized carbons (Fsp3) is 0.833. The van der Waals surface area contributed by atoms with E-state index in [-0.39, 0.29) is 5.97 Å². The Labute approximate surface area is 59.1 Å². The highest BCUT2D eigenvalue weighted by Crippen LogP contribution is 2.05. The van der Waals surface area contributed by atoms with Gasteiger partial charge in [-0.1, -0.05) is 0 Å². The SMILES string of the molecule is CC(=O)OC1OCCCO1. The molecule has 0 unspecified atom stereocenters. The number of hydrogen-bond donors (Lipinski definition) is 0. The van der Waals surface area contributed by atoms with Crippen molar-refractivity contribution < 1.29 is 19.0 Å². The molecule has 1 heterocycles. The predicted molar refractivity (Wildman–Crippen MR) is 32.1 cm³/mol. The first-order valence-electron chi connectivity index (χ1n) is 3.19. The van der Waals surface area contributed by atoms with Crippen LogP contribution in [0.4, 0.5) is 0 Å². The Bertz CT molecular complexity index is 117. The van der Waals surface area contributed by atoms with Crippen LogP contribution in [0.1, 0.15) is 13.3 Å². The fourth-order valence-electron chi connectivity index (χ4n) is 0.670. The van der Waals surface area contributed by atoms with Gasteiger partial charge in [0.25, 0.3) is 0 Å². The van der Waals surface area contributed by atoms with Crippen LogP contribution in [0, 0.1) is 0 Å². The molecule has 0 aromatic carbocycles. The summed E-state index contributed by atoms with van der Waals surface area (Å²) in [6.07, 6.45) is 0.859. The molecule has 0 N–H and O–H groups in total. The Hall–Kier alpha value is -0.610. The zero-order valence-corrected chi connectivity index (χ0v) is 5.83. The van der Waals surface area contributed by atoms with Gasteiger partial charge in [-0.2, -0.15) is 0 Å². The molecule has 1 aliphatic heterocycles. The summed E-state index contributed by atoms with van der Waals surface area (Å²) in [6.45, 7) is 1.74. The van der Waals surface area contributed by atoms with Crippen molar-refractivity contribution in [3.05, 3.63) is 0 Å². The molecule has 0 aromatic heterocycles. The lowest BCUT2D eigenvalue weighted by Crippen LogP contribution is -2.28. The van der Waals surface area contributed by atoms with E-state index in [4.69, 9.17) is 9.47 Å². The largest absolute Gasteiger partial charge is 0.410 e. The highest BCUT2D eigenvalue weighted by atomic mass is 16.9. The maximum absolute atomic E-state index is 10.3. The molecule has 1 fully saturated rings. The number of esters is 1. The summed E-state index contributed by atoms with van der Waals surface area (Å²) < 4.78 is 14.5. The number of hydrogen-bond acceptors (Lipinski definition) is 4. The van der Waals surface area contributed by atoms with Gasteiger partial charge in [0.15, 0.2) is 0 Å². The van der Waals surface area contributed by atoms with E-state index in [9.17, 15) is 4.79 Å². The Morgan fingerprint density at radius 3 is 2.60 bits per heavy atom. The average molecular weight is 146 g/mol. The molecule has 0 spiro atoms. The maximum atomic E-state index is 10.3. The van der Waals surface area contributed by atoms with Gasteiger partial charge >= 0.3 is 12.4 Å². The van der Waals surface area contributed by atoms with Crippen LogP contribution >= 0.6 is 0 Å². The number of carbonyl (C=O) groups is 1. The van der Waals surface area contributed by atoms with Gasteiger partial charge in [-0.3, -0.25) is 4.79 Å². The molecule has 0 atom stereocenters. The number of carbonyl (C=O) groups excluding carboxylic acids is 1. The molecule has 1 aliphatic rings. The molecule has 0 saturated carbocycles. The van der Waals surface area contributed by atoms with Crippen molar-refractivity contribution in [2.24, 2.45) is 0 Å². The van der Waals surface area contributed by atoms with Crippen molar-refractivity contribution in [3.8, 4) is 0 Å². The minimum absolute atomic E-state index is 0.383. The molecular weight excluding hydrogens is 136 g/mol. The average Bonchev–Trinajstić information content (AvgIpc) is 1.88. The van der Waals surface area contributed by atoms with Gasteiger partial charge in [-0.25, -0.2) is 0 Å². The van der Waals surface area contributed by atoms with E-state index >= 15 is 0 Å². The van der Waals surface area contributed by atoms with Crippen LogP contribution in [0.2, 0.25) is 0 Å². The molecule has 0 aliphatic carbocycles.